The Balaban J connectivity index is 2.35. The highest BCUT2D eigenvalue weighted by Gasteiger charge is 2.16. The Kier molecular flexibility index (Phi) is 2.71. The van der Waals surface area contributed by atoms with Crippen molar-refractivity contribution in [1.29, 1.82) is 5.26 Å². The SMILES string of the molecule is N#Cc1cccc(S(=O)(=O)Nc2nn[nH]n2)c1. The van der Waals surface area contributed by atoms with Crippen LogP contribution in [0.1, 0.15) is 5.56 Å². The van der Waals surface area contributed by atoms with Crippen LogP contribution in [0.15, 0.2) is 29.2 Å². The van der Waals surface area contributed by atoms with E-state index in [0.717, 1.165) is 0 Å². The second-order valence-corrected chi connectivity index (χ2v) is 4.66. The molecular weight excluding hydrogens is 244 g/mol. The number of sulfonamides is 1. The van der Waals surface area contributed by atoms with Gasteiger partial charge in [0.2, 0.25) is 0 Å². The molecule has 17 heavy (non-hydrogen) atoms. The lowest BCUT2D eigenvalue weighted by atomic mass is 10.2. The maximum atomic E-state index is 11.8. The lowest BCUT2D eigenvalue weighted by Crippen LogP contribution is -2.14. The van der Waals surface area contributed by atoms with Crippen LogP contribution in [0, 0.1) is 11.3 Å². The molecule has 1 heterocycles. The Hall–Kier alpha value is -2.47. The normalized spacial score (nSPS) is 10.8. The molecule has 0 aliphatic carbocycles. The van der Waals surface area contributed by atoms with Crippen LogP contribution in [0.5, 0.6) is 0 Å². The van der Waals surface area contributed by atoms with Crippen LogP contribution in [0.2, 0.25) is 0 Å². The molecule has 0 bridgehead atoms. The third kappa shape index (κ3) is 2.37. The summed E-state index contributed by atoms with van der Waals surface area (Å²) in [6.45, 7) is 0. The zero-order valence-electron chi connectivity index (χ0n) is 8.32. The van der Waals surface area contributed by atoms with Gasteiger partial charge in [-0.2, -0.15) is 10.5 Å². The second kappa shape index (κ2) is 4.18. The summed E-state index contributed by atoms with van der Waals surface area (Å²) in [4.78, 5) is -0.0404. The van der Waals surface area contributed by atoms with Crippen molar-refractivity contribution in [2.75, 3.05) is 4.72 Å². The molecule has 0 aliphatic rings. The zero-order chi connectivity index (χ0) is 12.3. The van der Waals surface area contributed by atoms with E-state index in [1.54, 1.807) is 0 Å². The fourth-order valence-corrected chi connectivity index (χ4v) is 2.10. The van der Waals surface area contributed by atoms with Gasteiger partial charge in [-0.1, -0.05) is 11.2 Å². The zero-order valence-corrected chi connectivity index (χ0v) is 9.14. The van der Waals surface area contributed by atoms with Gasteiger partial charge in [-0.15, -0.1) is 5.10 Å². The number of nitrogens with zero attached hydrogens (tertiary/aromatic N) is 4. The average Bonchev–Trinajstić information content (AvgIpc) is 2.81. The number of tetrazole rings is 1. The Labute approximate surface area is 96.3 Å². The summed E-state index contributed by atoms with van der Waals surface area (Å²) < 4.78 is 25.8. The first-order valence-electron chi connectivity index (χ1n) is 4.38. The minimum atomic E-state index is -3.80. The van der Waals surface area contributed by atoms with E-state index >= 15 is 0 Å². The molecule has 86 valence electrons. The number of H-pyrrole nitrogens is 1. The van der Waals surface area contributed by atoms with E-state index in [1.165, 1.54) is 24.3 Å². The molecule has 8 nitrogen and oxygen atoms in total. The molecule has 0 atom stereocenters. The highest BCUT2D eigenvalue weighted by molar-refractivity contribution is 7.92. The van der Waals surface area contributed by atoms with Gasteiger partial charge < -0.3 is 0 Å². The molecule has 2 rings (SSSR count). The fraction of sp³-hybridized carbons (Fsp3) is 0. The molecule has 1 aromatic carbocycles. The summed E-state index contributed by atoms with van der Waals surface area (Å²) in [7, 11) is -3.80. The largest absolute Gasteiger partial charge is 0.276 e. The summed E-state index contributed by atoms with van der Waals surface area (Å²) in [5, 5.41) is 20.9. The molecule has 9 heteroatoms. The van der Waals surface area contributed by atoms with Crippen LogP contribution in [-0.4, -0.2) is 29.0 Å². The second-order valence-electron chi connectivity index (χ2n) is 2.98. The number of nitriles is 1. The van der Waals surface area contributed by atoms with Crippen molar-refractivity contribution in [2.45, 2.75) is 4.90 Å². The van der Waals surface area contributed by atoms with Gasteiger partial charge in [-0.3, -0.25) is 0 Å². The Morgan fingerprint density at radius 2 is 2.24 bits per heavy atom. The van der Waals surface area contributed by atoms with Gasteiger partial charge in [0, 0.05) is 0 Å². The molecule has 0 unspecified atom stereocenters. The highest BCUT2D eigenvalue weighted by Crippen LogP contribution is 2.13. The summed E-state index contributed by atoms with van der Waals surface area (Å²) in [6, 6.07) is 7.46. The van der Waals surface area contributed by atoms with Gasteiger partial charge in [-0.25, -0.2) is 13.1 Å². The minimum Gasteiger partial charge on any atom is -0.245 e. The summed E-state index contributed by atoms with van der Waals surface area (Å²) in [5.74, 6) is -0.160. The van der Waals surface area contributed by atoms with E-state index in [2.05, 4.69) is 25.3 Å². The van der Waals surface area contributed by atoms with Crippen LogP contribution >= 0.6 is 0 Å². The molecule has 0 saturated carbocycles. The molecule has 0 amide bonds. The molecular formula is C8H6N6O2S. The van der Waals surface area contributed by atoms with Crippen molar-refractivity contribution in [2.24, 2.45) is 0 Å². The van der Waals surface area contributed by atoms with Gasteiger partial charge >= 0.3 is 0 Å². The van der Waals surface area contributed by atoms with E-state index in [4.69, 9.17) is 5.26 Å². The van der Waals surface area contributed by atoms with Crippen LogP contribution < -0.4 is 4.72 Å². The maximum absolute atomic E-state index is 11.8. The van der Waals surface area contributed by atoms with Crippen LogP contribution in [-0.2, 0) is 10.0 Å². The van der Waals surface area contributed by atoms with Crippen LogP contribution in [0.25, 0.3) is 0 Å². The standard InChI is InChI=1S/C8H6N6O2S/c9-5-6-2-1-3-7(4-6)17(15,16)12-8-10-13-14-11-8/h1-4H,(H2,10,11,12,13,14). The van der Waals surface area contributed by atoms with Crippen molar-refractivity contribution in [1.82, 2.24) is 20.6 Å². The predicted molar refractivity (Wildman–Crippen MR) is 56.1 cm³/mol. The van der Waals surface area contributed by atoms with Crippen molar-refractivity contribution in [3.63, 3.8) is 0 Å². The van der Waals surface area contributed by atoms with E-state index in [9.17, 15) is 8.42 Å². The van der Waals surface area contributed by atoms with Crippen molar-refractivity contribution >= 4 is 16.0 Å². The van der Waals surface area contributed by atoms with E-state index < -0.39 is 10.0 Å². The van der Waals surface area contributed by atoms with Gasteiger partial charge in [0.1, 0.15) is 0 Å². The van der Waals surface area contributed by atoms with Crippen LogP contribution in [0.3, 0.4) is 0 Å². The first-order valence-corrected chi connectivity index (χ1v) is 5.86. The van der Waals surface area contributed by atoms with Gasteiger partial charge in [0.15, 0.2) is 0 Å². The Morgan fingerprint density at radius 1 is 1.41 bits per heavy atom. The molecule has 0 fully saturated rings. The van der Waals surface area contributed by atoms with Crippen molar-refractivity contribution in [3.05, 3.63) is 29.8 Å². The summed E-state index contributed by atoms with van der Waals surface area (Å²) in [5.41, 5.74) is 0.251. The third-order valence-electron chi connectivity index (χ3n) is 1.84. The Morgan fingerprint density at radius 3 is 2.88 bits per heavy atom. The van der Waals surface area contributed by atoms with Gasteiger partial charge in [-0.05, 0) is 23.4 Å². The number of nitrogens with one attached hydrogen (secondary N) is 2. The molecule has 1 aromatic heterocycles. The molecule has 0 spiro atoms. The summed E-state index contributed by atoms with van der Waals surface area (Å²) >= 11 is 0. The number of aromatic nitrogens is 4. The quantitative estimate of drug-likeness (QED) is 0.781. The number of anilines is 1. The lowest BCUT2D eigenvalue weighted by molar-refractivity contribution is 0.601. The smallest absolute Gasteiger partial charge is 0.245 e. The molecule has 2 N–H and O–H groups in total. The number of benzene rings is 1. The number of aromatic amines is 1. The van der Waals surface area contributed by atoms with E-state index in [1.807, 2.05) is 6.07 Å². The Bertz CT molecular complexity index is 658. The lowest BCUT2D eigenvalue weighted by Gasteiger charge is -2.03. The monoisotopic (exact) mass is 250 g/mol. The molecule has 0 aliphatic heterocycles. The van der Waals surface area contributed by atoms with Crippen molar-refractivity contribution < 1.29 is 8.42 Å². The van der Waals surface area contributed by atoms with Crippen LogP contribution in [0.4, 0.5) is 5.95 Å². The summed E-state index contributed by atoms with van der Waals surface area (Å²) in [6.07, 6.45) is 0. The molecule has 0 saturated heterocycles. The molecule has 2 aromatic rings. The topological polar surface area (TPSA) is 124 Å². The van der Waals surface area contributed by atoms with Gasteiger partial charge in [0.25, 0.3) is 16.0 Å². The van der Waals surface area contributed by atoms with Crippen molar-refractivity contribution in [3.8, 4) is 6.07 Å². The molecule has 0 radical (unpaired) electrons. The highest BCUT2D eigenvalue weighted by atomic mass is 32.2. The fourth-order valence-electron chi connectivity index (χ4n) is 1.12. The van der Waals surface area contributed by atoms with E-state index in [0.29, 0.717) is 0 Å². The number of rotatable bonds is 3. The minimum absolute atomic E-state index is 0.0404. The maximum Gasteiger partial charge on any atom is 0.276 e. The average molecular weight is 250 g/mol. The third-order valence-corrected chi connectivity index (χ3v) is 3.17. The number of hydrogen-bond donors (Lipinski definition) is 2. The number of hydrogen-bond acceptors (Lipinski definition) is 6. The van der Waals surface area contributed by atoms with Gasteiger partial charge in [0.05, 0.1) is 16.5 Å². The first-order chi connectivity index (χ1) is 8.12. The van der Waals surface area contributed by atoms with E-state index in [-0.39, 0.29) is 16.4 Å². The first kappa shape index (κ1) is 11.0. The predicted octanol–water partition coefficient (Wildman–Crippen LogP) is -0.128.